The Hall–Kier alpha value is -2.27. The van der Waals surface area contributed by atoms with E-state index in [-0.39, 0.29) is 18.1 Å². The molecule has 0 radical (unpaired) electrons. The maximum atomic E-state index is 11.9. The standard InChI is InChI=1S/C19H23NO4/c21-17-5-1-2-6-18(17)24-16-9-7-14(8-10-16)20-19(22)12-11-15-4-3-13-23-15/h3-4,7-10,13,17-18,21H,1-2,5-6,11-12H2,(H,20,22). The molecule has 1 aliphatic rings. The van der Waals surface area contributed by atoms with Crippen molar-refractivity contribution < 1.29 is 19.1 Å². The number of hydrogen-bond donors (Lipinski definition) is 2. The molecule has 0 spiro atoms. The molecular formula is C19H23NO4. The van der Waals surface area contributed by atoms with Crippen molar-refractivity contribution in [3.05, 3.63) is 48.4 Å². The average Bonchev–Trinajstić information content (AvgIpc) is 3.10. The number of aliphatic hydroxyl groups excluding tert-OH is 1. The number of amides is 1. The van der Waals surface area contributed by atoms with Crippen molar-refractivity contribution in [2.45, 2.75) is 50.7 Å². The number of anilines is 1. The van der Waals surface area contributed by atoms with E-state index >= 15 is 0 Å². The second-order valence-corrected chi connectivity index (χ2v) is 6.16. The number of aryl methyl sites for hydroxylation is 1. The van der Waals surface area contributed by atoms with Crippen LogP contribution in [0.15, 0.2) is 47.1 Å². The predicted molar refractivity (Wildman–Crippen MR) is 91.0 cm³/mol. The molecule has 128 valence electrons. The summed E-state index contributed by atoms with van der Waals surface area (Å²) in [4.78, 5) is 11.9. The van der Waals surface area contributed by atoms with Crippen LogP contribution < -0.4 is 10.1 Å². The number of hydrogen-bond acceptors (Lipinski definition) is 4. The molecule has 2 N–H and O–H groups in total. The lowest BCUT2D eigenvalue weighted by molar-refractivity contribution is -0.116. The zero-order valence-corrected chi connectivity index (χ0v) is 13.6. The van der Waals surface area contributed by atoms with Gasteiger partial charge in [-0.2, -0.15) is 0 Å². The van der Waals surface area contributed by atoms with Gasteiger partial charge in [-0.3, -0.25) is 4.79 Å². The topological polar surface area (TPSA) is 71.7 Å². The van der Waals surface area contributed by atoms with E-state index in [1.54, 1.807) is 6.26 Å². The Morgan fingerprint density at radius 2 is 2.00 bits per heavy atom. The van der Waals surface area contributed by atoms with Crippen LogP contribution in [0.2, 0.25) is 0 Å². The summed E-state index contributed by atoms with van der Waals surface area (Å²) >= 11 is 0. The normalized spacial score (nSPS) is 20.5. The van der Waals surface area contributed by atoms with Crippen molar-refractivity contribution in [2.75, 3.05) is 5.32 Å². The zero-order chi connectivity index (χ0) is 16.8. The van der Waals surface area contributed by atoms with Gasteiger partial charge in [-0.25, -0.2) is 0 Å². The van der Waals surface area contributed by atoms with E-state index in [0.717, 1.165) is 42.9 Å². The minimum absolute atomic E-state index is 0.0530. The molecule has 1 aromatic carbocycles. The van der Waals surface area contributed by atoms with Crippen LogP contribution in [0.5, 0.6) is 5.75 Å². The number of carbonyl (C=O) groups is 1. The first-order valence-corrected chi connectivity index (χ1v) is 8.48. The summed E-state index contributed by atoms with van der Waals surface area (Å²) in [6.45, 7) is 0. The number of carbonyl (C=O) groups excluding carboxylic acids is 1. The van der Waals surface area contributed by atoms with Gasteiger partial charge in [0.05, 0.1) is 12.4 Å². The van der Waals surface area contributed by atoms with E-state index in [9.17, 15) is 9.90 Å². The van der Waals surface area contributed by atoms with Gasteiger partial charge in [0, 0.05) is 18.5 Å². The van der Waals surface area contributed by atoms with Gasteiger partial charge >= 0.3 is 0 Å². The van der Waals surface area contributed by atoms with Gasteiger partial charge in [-0.05, 0) is 55.7 Å². The highest BCUT2D eigenvalue weighted by Gasteiger charge is 2.24. The maximum absolute atomic E-state index is 11.9. The molecule has 24 heavy (non-hydrogen) atoms. The highest BCUT2D eigenvalue weighted by atomic mass is 16.5. The largest absolute Gasteiger partial charge is 0.488 e. The van der Waals surface area contributed by atoms with Crippen LogP contribution in [0.1, 0.15) is 37.9 Å². The molecule has 0 aliphatic heterocycles. The molecule has 2 aromatic rings. The van der Waals surface area contributed by atoms with Crippen LogP contribution in [0.3, 0.4) is 0 Å². The molecule has 2 unspecified atom stereocenters. The van der Waals surface area contributed by atoms with Crippen molar-refractivity contribution in [1.82, 2.24) is 0 Å². The summed E-state index contributed by atoms with van der Waals surface area (Å²) in [5, 5.41) is 12.8. The third-order valence-electron chi connectivity index (χ3n) is 4.27. The molecule has 2 atom stereocenters. The Kier molecular flexibility index (Phi) is 5.54. The monoisotopic (exact) mass is 329 g/mol. The third kappa shape index (κ3) is 4.61. The average molecular weight is 329 g/mol. The Morgan fingerprint density at radius 3 is 2.71 bits per heavy atom. The van der Waals surface area contributed by atoms with E-state index in [4.69, 9.17) is 9.15 Å². The quantitative estimate of drug-likeness (QED) is 0.850. The second-order valence-electron chi connectivity index (χ2n) is 6.16. The van der Waals surface area contributed by atoms with Crippen LogP contribution in [0.4, 0.5) is 5.69 Å². The zero-order valence-electron chi connectivity index (χ0n) is 13.6. The number of benzene rings is 1. The molecule has 1 heterocycles. The lowest BCUT2D eigenvalue weighted by Crippen LogP contribution is -2.34. The van der Waals surface area contributed by atoms with Gasteiger partial charge in [0.1, 0.15) is 17.6 Å². The smallest absolute Gasteiger partial charge is 0.224 e. The van der Waals surface area contributed by atoms with Crippen molar-refractivity contribution in [2.24, 2.45) is 0 Å². The molecule has 3 rings (SSSR count). The van der Waals surface area contributed by atoms with Crippen LogP contribution in [-0.2, 0) is 11.2 Å². The summed E-state index contributed by atoms with van der Waals surface area (Å²) in [6.07, 6.45) is 5.87. The summed E-state index contributed by atoms with van der Waals surface area (Å²) < 4.78 is 11.1. The maximum Gasteiger partial charge on any atom is 0.224 e. The fourth-order valence-electron chi connectivity index (χ4n) is 2.92. The Bertz CT molecular complexity index is 636. The van der Waals surface area contributed by atoms with E-state index in [1.165, 1.54) is 0 Å². The summed E-state index contributed by atoms with van der Waals surface area (Å²) in [5.74, 6) is 1.47. The number of furan rings is 1. The van der Waals surface area contributed by atoms with Crippen molar-refractivity contribution in [3.8, 4) is 5.75 Å². The molecule has 1 aliphatic carbocycles. The molecule has 1 fully saturated rings. The van der Waals surface area contributed by atoms with Gasteiger partial charge < -0.3 is 19.6 Å². The van der Waals surface area contributed by atoms with Crippen molar-refractivity contribution in [3.63, 3.8) is 0 Å². The number of ether oxygens (including phenoxy) is 1. The van der Waals surface area contributed by atoms with Crippen molar-refractivity contribution >= 4 is 11.6 Å². The van der Waals surface area contributed by atoms with Crippen LogP contribution >= 0.6 is 0 Å². The fourth-order valence-corrected chi connectivity index (χ4v) is 2.92. The number of rotatable bonds is 6. The second kappa shape index (κ2) is 8.02. The molecule has 5 heteroatoms. The van der Waals surface area contributed by atoms with Crippen LogP contribution in [0, 0.1) is 0 Å². The molecule has 0 bridgehead atoms. The Labute approximate surface area is 141 Å². The first-order valence-electron chi connectivity index (χ1n) is 8.48. The minimum atomic E-state index is -0.389. The van der Waals surface area contributed by atoms with Gasteiger partial charge in [0.2, 0.25) is 5.91 Å². The molecule has 5 nitrogen and oxygen atoms in total. The predicted octanol–water partition coefficient (Wildman–Crippen LogP) is 3.53. The third-order valence-corrected chi connectivity index (χ3v) is 4.27. The van der Waals surface area contributed by atoms with Crippen LogP contribution in [0.25, 0.3) is 0 Å². The van der Waals surface area contributed by atoms with Gasteiger partial charge in [0.15, 0.2) is 0 Å². The van der Waals surface area contributed by atoms with Gasteiger partial charge in [0.25, 0.3) is 0 Å². The lowest BCUT2D eigenvalue weighted by atomic mass is 9.95. The van der Waals surface area contributed by atoms with E-state index in [1.807, 2.05) is 36.4 Å². The van der Waals surface area contributed by atoms with Crippen LogP contribution in [-0.4, -0.2) is 23.2 Å². The molecule has 0 saturated heterocycles. The summed E-state index contributed by atoms with van der Waals surface area (Å²) in [7, 11) is 0. The Balaban J connectivity index is 1.47. The molecular weight excluding hydrogens is 306 g/mol. The number of aliphatic hydroxyl groups is 1. The van der Waals surface area contributed by atoms with E-state index in [0.29, 0.717) is 12.8 Å². The fraction of sp³-hybridized carbons (Fsp3) is 0.421. The minimum Gasteiger partial charge on any atom is -0.488 e. The molecule has 1 amide bonds. The summed E-state index contributed by atoms with van der Waals surface area (Å²) in [6, 6.07) is 11.0. The lowest BCUT2D eigenvalue weighted by Gasteiger charge is -2.28. The number of nitrogens with one attached hydrogen (secondary N) is 1. The van der Waals surface area contributed by atoms with Crippen molar-refractivity contribution in [1.29, 1.82) is 0 Å². The highest BCUT2D eigenvalue weighted by molar-refractivity contribution is 5.90. The first kappa shape index (κ1) is 16.6. The first-order chi connectivity index (χ1) is 11.7. The molecule has 1 aromatic heterocycles. The van der Waals surface area contributed by atoms with Gasteiger partial charge in [-0.1, -0.05) is 6.42 Å². The van der Waals surface area contributed by atoms with Gasteiger partial charge in [-0.15, -0.1) is 0 Å². The van der Waals surface area contributed by atoms with E-state index in [2.05, 4.69) is 5.32 Å². The Morgan fingerprint density at radius 1 is 1.21 bits per heavy atom. The SMILES string of the molecule is O=C(CCc1ccco1)Nc1ccc(OC2CCCCC2O)cc1. The highest BCUT2D eigenvalue weighted by Crippen LogP contribution is 2.25. The summed E-state index contributed by atoms with van der Waals surface area (Å²) in [5.41, 5.74) is 0.732. The molecule has 1 saturated carbocycles. The van der Waals surface area contributed by atoms with E-state index < -0.39 is 0 Å².